The van der Waals surface area contributed by atoms with Crippen molar-refractivity contribution in [2.24, 2.45) is 0 Å². The van der Waals surface area contributed by atoms with Crippen LogP contribution in [0.2, 0.25) is 0 Å². The Balaban J connectivity index is 1.38. The van der Waals surface area contributed by atoms with Crippen LogP contribution < -0.4 is 10.2 Å². The number of aryl methyl sites for hydroxylation is 2. The van der Waals surface area contributed by atoms with Gasteiger partial charge in [0.25, 0.3) is 5.91 Å². The summed E-state index contributed by atoms with van der Waals surface area (Å²) in [7, 11) is 0. The van der Waals surface area contributed by atoms with Gasteiger partial charge in [-0.25, -0.2) is 19.3 Å². The van der Waals surface area contributed by atoms with Crippen molar-refractivity contribution in [2.75, 3.05) is 36.4 Å². The highest BCUT2D eigenvalue weighted by atomic mass is 16.6. The number of nitrogens with zero attached hydrogens (tertiary/aromatic N) is 6. The Kier molecular flexibility index (Phi) is 5.92. The van der Waals surface area contributed by atoms with Gasteiger partial charge in [-0.05, 0) is 52.8 Å². The van der Waals surface area contributed by atoms with E-state index >= 15 is 0 Å². The molecule has 0 saturated carbocycles. The Morgan fingerprint density at radius 1 is 1.06 bits per heavy atom. The molecular formula is C23H29N7O3. The van der Waals surface area contributed by atoms with E-state index in [1.54, 1.807) is 21.7 Å². The van der Waals surface area contributed by atoms with Crippen LogP contribution in [-0.2, 0) is 4.74 Å². The summed E-state index contributed by atoms with van der Waals surface area (Å²) < 4.78 is 7.09. The summed E-state index contributed by atoms with van der Waals surface area (Å²) in [4.78, 5) is 37.8. The van der Waals surface area contributed by atoms with Gasteiger partial charge in [0.05, 0.1) is 18.1 Å². The molecule has 1 aliphatic heterocycles. The fourth-order valence-corrected chi connectivity index (χ4v) is 3.74. The van der Waals surface area contributed by atoms with Gasteiger partial charge in [0, 0.05) is 37.6 Å². The molecule has 0 atom stereocenters. The number of amides is 2. The van der Waals surface area contributed by atoms with Gasteiger partial charge in [-0.3, -0.25) is 4.79 Å². The highest BCUT2D eigenvalue weighted by Gasteiger charge is 2.26. The normalized spacial score (nSPS) is 14.5. The molecule has 1 aliphatic rings. The van der Waals surface area contributed by atoms with Crippen molar-refractivity contribution in [3.05, 3.63) is 47.5 Å². The maximum Gasteiger partial charge on any atom is 0.410 e. The lowest BCUT2D eigenvalue weighted by molar-refractivity contribution is 0.0240. The molecule has 3 aromatic rings. The van der Waals surface area contributed by atoms with E-state index in [4.69, 9.17) is 4.74 Å². The smallest absolute Gasteiger partial charge is 0.410 e. The number of aromatic nitrogens is 4. The lowest BCUT2D eigenvalue weighted by Gasteiger charge is -2.36. The SMILES string of the molecule is Cc1cc(C)n2ncc(C(=O)Nc3ccc(N4CCN(C(=O)OC(C)(C)C)CC4)cn3)c2n1. The van der Waals surface area contributed by atoms with Crippen LogP contribution in [0.3, 0.4) is 0 Å². The first-order valence-corrected chi connectivity index (χ1v) is 10.9. The molecule has 33 heavy (non-hydrogen) atoms. The minimum absolute atomic E-state index is 0.286. The molecule has 1 N–H and O–H groups in total. The fourth-order valence-electron chi connectivity index (χ4n) is 3.74. The Bertz CT molecular complexity index is 1170. The number of nitrogens with one attached hydrogen (secondary N) is 1. The monoisotopic (exact) mass is 451 g/mol. The number of hydrogen-bond acceptors (Lipinski definition) is 7. The molecule has 0 radical (unpaired) electrons. The quantitative estimate of drug-likeness (QED) is 0.652. The van der Waals surface area contributed by atoms with Gasteiger partial charge in [0.1, 0.15) is 17.0 Å². The van der Waals surface area contributed by atoms with Crippen LogP contribution in [0.1, 0.15) is 42.5 Å². The number of pyridine rings is 1. The van der Waals surface area contributed by atoms with E-state index in [2.05, 4.69) is 25.3 Å². The van der Waals surface area contributed by atoms with Crippen LogP contribution in [0.15, 0.2) is 30.6 Å². The molecule has 2 amide bonds. The Hall–Kier alpha value is -3.69. The van der Waals surface area contributed by atoms with Crippen molar-refractivity contribution in [2.45, 2.75) is 40.2 Å². The van der Waals surface area contributed by atoms with E-state index in [1.165, 1.54) is 6.20 Å². The Morgan fingerprint density at radius 3 is 2.42 bits per heavy atom. The van der Waals surface area contributed by atoms with Gasteiger partial charge in [-0.15, -0.1) is 0 Å². The van der Waals surface area contributed by atoms with Gasteiger partial charge in [0.15, 0.2) is 5.65 Å². The van der Waals surface area contributed by atoms with E-state index in [9.17, 15) is 9.59 Å². The van der Waals surface area contributed by atoms with Crippen LogP contribution in [0, 0.1) is 13.8 Å². The highest BCUT2D eigenvalue weighted by Crippen LogP contribution is 2.20. The van der Waals surface area contributed by atoms with Gasteiger partial charge >= 0.3 is 6.09 Å². The third-order valence-electron chi connectivity index (χ3n) is 5.31. The molecular weight excluding hydrogens is 422 g/mol. The maximum atomic E-state index is 12.8. The van der Waals surface area contributed by atoms with Crippen LogP contribution in [0.5, 0.6) is 0 Å². The predicted octanol–water partition coefficient (Wildman–Crippen LogP) is 3.05. The molecule has 4 rings (SSSR count). The van der Waals surface area contributed by atoms with E-state index in [0.29, 0.717) is 43.2 Å². The molecule has 1 saturated heterocycles. The highest BCUT2D eigenvalue weighted by molar-refractivity contribution is 6.07. The first-order chi connectivity index (χ1) is 15.6. The zero-order chi connectivity index (χ0) is 23.8. The zero-order valence-electron chi connectivity index (χ0n) is 19.6. The Labute approximate surface area is 192 Å². The second-order valence-electron chi connectivity index (χ2n) is 9.14. The van der Waals surface area contributed by atoms with Gasteiger partial charge in [-0.1, -0.05) is 0 Å². The van der Waals surface area contributed by atoms with E-state index in [-0.39, 0.29) is 12.0 Å². The lowest BCUT2D eigenvalue weighted by atomic mass is 10.2. The van der Waals surface area contributed by atoms with Crippen LogP contribution in [0.4, 0.5) is 16.3 Å². The van der Waals surface area contributed by atoms with Gasteiger partial charge in [-0.2, -0.15) is 5.10 Å². The zero-order valence-corrected chi connectivity index (χ0v) is 19.6. The third-order valence-corrected chi connectivity index (χ3v) is 5.31. The first kappa shape index (κ1) is 22.5. The second kappa shape index (κ2) is 8.68. The molecule has 0 unspecified atom stereocenters. The summed E-state index contributed by atoms with van der Waals surface area (Å²) >= 11 is 0. The molecule has 0 aromatic carbocycles. The predicted molar refractivity (Wildman–Crippen MR) is 125 cm³/mol. The number of carbonyl (C=O) groups excluding carboxylic acids is 2. The Morgan fingerprint density at radius 2 is 1.79 bits per heavy atom. The van der Waals surface area contributed by atoms with Crippen LogP contribution >= 0.6 is 0 Å². The molecule has 1 fully saturated rings. The summed E-state index contributed by atoms with van der Waals surface area (Å²) in [5.74, 6) is 0.133. The molecule has 174 valence electrons. The summed E-state index contributed by atoms with van der Waals surface area (Å²) in [5.41, 5.74) is 3.07. The molecule has 10 heteroatoms. The topological polar surface area (TPSA) is 105 Å². The van der Waals surface area contributed by atoms with E-state index in [1.807, 2.05) is 46.8 Å². The number of rotatable bonds is 3. The molecule has 3 aromatic heterocycles. The maximum absolute atomic E-state index is 12.8. The molecule has 10 nitrogen and oxygen atoms in total. The second-order valence-corrected chi connectivity index (χ2v) is 9.14. The van der Waals surface area contributed by atoms with Gasteiger partial charge < -0.3 is 19.9 Å². The van der Waals surface area contributed by atoms with Crippen molar-refractivity contribution in [3.8, 4) is 0 Å². The van der Waals surface area contributed by atoms with Gasteiger partial charge in [0.2, 0.25) is 0 Å². The van der Waals surface area contributed by atoms with Crippen LogP contribution in [0.25, 0.3) is 5.65 Å². The van der Waals surface area contributed by atoms with Crippen LogP contribution in [-0.4, -0.2) is 68.3 Å². The first-order valence-electron chi connectivity index (χ1n) is 10.9. The standard InChI is InChI=1S/C23H29N7O3/c1-15-12-16(2)30-20(26-15)18(14-25-30)21(31)27-19-7-6-17(13-24-19)28-8-10-29(11-9-28)22(32)33-23(3,4)5/h6-7,12-14H,8-11H2,1-5H3,(H,24,27,31). The minimum Gasteiger partial charge on any atom is -0.444 e. The molecule has 0 bridgehead atoms. The largest absolute Gasteiger partial charge is 0.444 e. The van der Waals surface area contributed by atoms with Crippen molar-refractivity contribution >= 4 is 29.2 Å². The van der Waals surface area contributed by atoms with Crippen molar-refractivity contribution in [3.63, 3.8) is 0 Å². The van der Waals surface area contributed by atoms with E-state index in [0.717, 1.165) is 17.1 Å². The number of fused-ring (bicyclic) bond motifs is 1. The number of carbonyl (C=O) groups is 2. The number of ether oxygens (including phenoxy) is 1. The summed E-state index contributed by atoms with van der Waals surface area (Å²) in [6.07, 6.45) is 2.95. The van der Waals surface area contributed by atoms with Crippen molar-refractivity contribution in [1.82, 2.24) is 24.5 Å². The molecule has 0 spiro atoms. The molecule has 4 heterocycles. The summed E-state index contributed by atoms with van der Waals surface area (Å²) in [6, 6.07) is 5.59. The fraction of sp³-hybridized carbons (Fsp3) is 0.435. The lowest BCUT2D eigenvalue weighted by Crippen LogP contribution is -2.50. The number of hydrogen-bond donors (Lipinski definition) is 1. The summed E-state index contributed by atoms with van der Waals surface area (Å²) in [6.45, 7) is 11.9. The number of anilines is 2. The summed E-state index contributed by atoms with van der Waals surface area (Å²) in [5, 5.41) is 7.08. The van der Waals surface area contributed by atoms with Crippen molar-refractivity contribution in [1.29, 1.82) is 0 Å². The van der Waals surface area contributed by atoms with E-state index < -0.39 is 5.60 Å². The third kappa shape index (κ3) is 5.05. The average Bonchev–Trinajstić information content (AvgIpc) is 3.17. The minimum atomic E-state index is -0.504. The number of piperazine rings is 1. The van der Waals surface area contributed by atoms with Crippen molar-refractivity contribution < 1.29 is 14.3 Å². The molecule has 0 aliphatic carbocycles. The average molecular weight is 452 g/mol.